The van der Waals surface area contributed by atoms with Gasteiger partial charge in [0.05, 0.1) is 11.7 Å². The van der Waals surface area contributed by atoms with Crippen LogP contribution in [0.5, 0.6) is 0 Å². The summed E-state index contributed by atoms with van der Waals surface area (Å²) in [6, 6.07) is 16.1. The van der Waals surface area contributed by atoms with Gasteiger partial charge < -0.3 is 0 Å². The minimum Gasteiger partial charge on any atom is -0.298 e. The average molecular weight is 295 g/mol. The van der Waals surface area contributed by atoms with Gasteiger partial charge in [-0.1, -0.05) is 41.9 Å². The Morgan fingerprint density at radius 1 is 1.05 bits per heavy atom. The van der Waals surface area contributed by atoms with Crippen molar-refractivity contribution < 1.29 is 0 Å². The van der Waals surface area contributed by atoms with Crippen LogP contribution in [0.3, 0.4) is 0 Å². The molecule has 4 rings (SSSR count). The molecule has 0 radical (unpaired) electrons. The number of hydrogen-bond acceptors (Lipinski definition) is 2. The first kappa shape index (κ1) is 12.2. The largest absolute Gasteiger partial charge is 0.298 e. The summed E-state index contributed by atoms with van der Waals surface area (Å²) in [7, 11) is 0. The van der Waals surface area contributed by atoms with Crippen LogP contribution in [0.2, 0.25) is 5.15 Å². The first-order valence-corrected chi connectivity index (χ1v) is 6.93. The number of hydrogen-bond donors (Lipinski definition) is 1. The fourth-order valence-corrected chi connectivity index (χ4v) is 2.60. The van der Waals surface area contributed by atoms with E-state index in [1.54, 1.807) is 6.20 Å². The lowest BCUT2D eigenvalue weighted by molar-refractivity contribution is 1.07. The highest BCUT2D eigenvalue weighted by Crippen LogP contribution is 2.26. The van der Waals surface area contributed by atoms with Gasteiger partial charge in [-0.3, -0.25) is 9.67 Å². The number of imidazole rings is 1. The molecule has 0 saturated heterocycles. The monoisotopic (exact) mass is 294 g/mol. The molecule has 0 aliphatic rings. The molecule has 0 amide bonds. The third kappa shape index (κ3) is 2.10. The second-order valence-electron chi connectivity index (χ2n) is 4.76. The predicted molar refractivity (Wildman–Crippen MR) is 83.7 cm³/mol. The van der Waals surface area contributed by atoms with Crippen molar-refractivity contribution in [2.24, 2.45) is 0 Å². The maximum Gasteiger partial charge on any atom is 0.148 e. The molecule has 0 aliphatic carbocycles. The van der Waals surface area contributed by atoms with Gasteiger partial charge in [-0.15, -0.1) is 0 Å². The molecule has 4 nitrogen and oxygen atoms in total. The van der Waals surface area contributed by atoms with E-state index < -0.39 is 0 Å². The summed E-state index contributed by atoms with van der Waals surface area (Å²) >= 11 is 6.11. The maximum absolute atomic E-state index is 6.11. The summed E-state index contributed by atoms with van der Waals surface area (Å²) in [5.74, 6) is 0.823. The highest BCUT2D eigenvalue weighted by molar-refractivity contribution is 6.29. The number of halogens is 1. The molecule has 5 heteroatoms. The van der Waals surface area contributed by atoms with Crippen LogP contribution in [0.4, 0.5) is 0 Å². The zero-order valence-corrected chi connectivity index (χ0v) is 11.7. The Labute approximate surface area is 126 Å². The van der Waals surface area contributed by atoms with Gasteiger partial charge >= 0.3 is 0 Å². The second kappa shape index (κ2) is 4.75. The fourth-order valence-electron chi connectivity index (χ4n) is 2.42. The molecule has 0 aliphatic heterocycles. The molecule has 0 bridgehead atoms. The van der Waals surface area contributed by atoms with Gasteiger partial charge in [-0.2, -0.15) is 5.10 Å². The van der Waals surface area contributed by atoms with Crippen LogP contribution in [-0.2, 0) is 0 Å². The lowest BCUT2D eigenvalue weighted by atomic mass is 10.2. The van der Waals surface area contributed by atoms with E-state index in [0.717, 1.165) is 28.0 Å². The summed E-state index contributed by atoms with van der Waals surface area (Å²) in [5.41, 5.74) is 3.03. The van der Waals surface area contributed by atoms with Crippen LogP contribution in [-0.4, -0.2) is 19.7 Å². The molecule has 1 N–H and O–H groups in total. The van der Waals surface area contributed by atoms with Crippen molar-refractivity contribution in [3.63, 3.8) is 0 Å². The normalized spacial score (nSPS) is 11.1. The Kier molecular flexibility index (Phi) is 2.75. The van der Waals surface area contributed by atoms with Crippen molar-refractivity contribution in [2.45, 2.75) is 0 Å². The summed E-state index contributed by atoms with van der Waals surface area (Å²) in [6.45, 7) is 0. The number of aromatic nitrogens is 4. The van der Waals surface area contributed by atoms with E-state index in [9.17, 15) is 0 Å². The van der Waals surface area contributed by atoms with E-state index in [4.69, 9.17) is 11.6 Å². The van der Waals surface area contributed by atoms with Crippen LogP contribution in [0, 0.1) is 0 Å². The highest BCUT2D eigenvalue weighted by atomic mass is 35.5. The van der Waals surface area contributed by atoms with Gasteiger partial charge in [-0.25, -0.2) is 4.98 Å². The van der Waals surface area contributed by atoms with Crippen molar-refractivity contribution in [1.29, 1.82) is 0 Å². The van der Waals surface area contributed by atoms with E-state index in [-0.39, 0.29) is 0 Å². The van der Waals surface area contributed by atoms with E-state index >= 15 is 0 Å². The number of H-pyrrole nitrogens is 1. The Morgan fingerprint density at radius 2 is 1.90 bits per heavy atom. The molecule has 2 aromatic heterocycles. The molecule has 102 valence electrons. The first-order valence-electron chi connectivity index (χ1n) is 6.55. The van der Waals surface area contributed by atoms with Crippen LogP contribution in [0.25, 0.3) is 28.0 Å². The maximum atomic E-state index is 6.11. The summed E-state index contributed by atoms with van der Waals surface area (Å²) in [5, 5.41) is 8.52. The standard InChI is InChI=1S/C16H11ClN4/c17-15-10-21(16(19-15)11-4-2-1-3-5-11)13-6-7-14-12(8-13)9-18-20-14/h1-10H,(H,18,20). The zero-order valence-electron chi connectivity index (χ0n) is 11.0. The molecule has 0 atom stereocenters. The summed E-state index contributed by atoms with van der Waals surface area (Å²) < 4.78 is 1.99. The van der Waals surface area contributed by atoms with Gasteiger partial charge in [-0.05, 0) is 18.2 Å². The number of aromatic amines is 1. The number of rotatable bonds is 2. The van der Waals surface area contributed by atoms with E-state index in [1.165, 1.54) is 0 Å². The van der Waals surface area contributed by atoms with Crippen molar-refractivity contribution in [3.8, 4) is 17.1 Å². The molecule has 0 unspecified atom stereocenters. The Hall–Kier alpha value is -2.59. The Balaban J connectivity index is 1.92. The van der Waals surface area contributed by atoms with Gasteiger partial charge in [0.1, 0.15) is 11.0 Å². The predicted octanol–water partition coefficient (Wildman–Crippen LogP) is 4.07. The molecular formula is C16H11ClN4. The topological polar surface area (TPSA) is 46.5 Å². The highest BCUT2D eigenvalue weighted by Gasteiger charge is 2.11. The van der Waals surface area contributed by atoms with Crippen molar-refractivity contribution >= 4 is 22.5 Å². The second-order valence-corrected chi connectivity index (χ2v) is 5.15. The van der Waals surface area contributed by atoms with Gasteiger partial charge in [0, 0.05) is 22.8 Å². The number of benzene rings is 2. The molecule has 4 aromatic rings. The van der Waals surface area contributed by atoms with Crippen LogP contribution < -0.4 is 0 Å². The summed E-state index contributed by atoms with van der Waals surface area (Å²) in [4.78, 5) is 4.43. The van der Waals surface area contributed by atoms with Gasteiger partial charge in [0.2, 0.25) is 0 Å². The van der Waals surface area contributed by atoms with E-state index in [2.05, 4.69) is 21.2 Å². The van der Waals surface area contributed by atoms with Crippen molar-refractivity contribution in [2.75, 3.05) is 0 Å². The van der Waals surface area contributed by atoms with Crippen LogP contribution in [0.15, 0.2) is 60.9 Å². The lowest BCUT2D eigenvalue weighted by Gasteiger charge is -2.07. The SMILES string of the molecule is Clc1cn(-c2ccc3[nH]ncc3c2)c(-c2ccccc2)n1. The van der Waals surface area contributed by atoms with Gasteiger partial charge in [0.15, 0.2) is 0 Å². The quantitative estimate of drug-likeness (QED) is 0.606. The molecular weight excluding hydrogens is 284 g/mol. The molecule has 0 saturated carbocycles. The van der Waals surface area contributed by atoms with E-state index in [0.29, 0.717) is 5.15 Å². The minimum absolute atomic E-state index is 0.473. The summed E-state index contributed by atoms with van der Waals surface area (Å²) in [6.07, 6.45) is 3.63. The molecule has 21 heavy (non-hydrogen) atoms. The number of fused-ring (bicyclic) bond motifs is 1. The minimum atomic E-state index is 0.473. The van der Waals surface area contributed by atoms with Crippen LogP contribution >= 0.6 is 11.6 Å². The third-order valence-electron chi connectivity index (χ3n) is 3.41. The Bertz CT molecular complexity index is 908. The molecule has 2 aromatic carbocycles. The van der Waals surface area contributed by atoms with E-state index in [1.807, 2.05) is 53.2 Å². The number of nitrogens with one attached hydrogen (secondary N) is 1. The van der Waals surface area contributed by atoms with Crippen molar-refractivity contribution in [1.82, 2.24) is 19.7 Å². The average Bonchev–Trinajstić information content (AvgIpc) is 3.13. The Morgan fingerprint density at radius 3 is 2.76 bits per heavy atom. The molecule has 0 fully saturated rings. The number of nitrogens with zero attached hydrogens (tertiary/aromatic N) is 3. The zero-order chi connectivity index (χ0) is 14.2. The molecule has 2 heterocycles. The van der Waals surface area contributed by atoms with Gasteiger partial charge in [0.25, 0.3) is 0 Å². The van der Waals surface area contributed by atoms with Crippen LogP contribution in [0.1, 0.15) is 0 Å². The fraction of sp³-hybridized carbons (Fsp3) is 0. The lowest BCUT2D eigenvalue weighted by Crippen LogP contribution is -1.95. The first-order chi connectivity index (χ1) is 10.3. The smallest absolute Gasteiger partial charge is 0.148 e. The third-order valence-corrected chi connectivity index (χ3v) is 3.59. The molecule has 0 spiro atoms. The van der Waals surface area contributed by atoms with Crippen molar-refractivity contribution in [3.05, 3.63) is 66.1 Å².